The molecular formula is C126H204N8O12S2. The summed E-state index contributed by atoms with van der Waals surface area (Å²) in [5.74, 6) is 12.6. The smallest absolute Gasteiger partial charge is 0.220 e. The topological polar surface area (TPSA) is 308 Å². The second-order valence-electron chi connectivity index (χ2n) is 45.9. The number of amides is 1. The first kappa shape index (κ1) is 139. The summed E-state index contributed by atoms with van der Waals surface area (Å²) in [5, 5.41) is 36.2. The van der Waals surface area contributed by atoms with Crippen molar-refractivity contribution in [3.63, 3.8) is 0 Å². The van der Waals surface area contributed by atoms with Crippen LogP contribution in [0.3, 0.4) is 0 Å². The Kier molecular flexibility index (Phi) is 70.6. The lowest BCUT2D eigenvalue weighted by molar-refractivity contribution is -0.124. The quantitative estimate of drug-likeness (QED) is 0.0285. The molecule has 832 valence electrons. The van der Waals surface area contributed by atoms with Crippen molar-refractivity contribution in [2.24, 2.45) is 88.8 Å². The predicted octanol–water partition coefficient (Wildman–Crippen LogP) is 29.7. The van der Waals surface area contributed by atoms with Crippen LogP contribution in [0.5, 0.6) is 5.88 Å². The molecule has 1 amide bonds. The van der Waals surface area contributed by atoms with Crippen LogP contribution in [0, 0.1) is 88.8 Å². The second kappa shape index (κ2) is 75.1. The van der Waals surface area contributed by atoms with Gasteiger partial charge in [0.1, 0.15) is 33.5 Å². The van der Waals surface area contributed by atoms with Gasteiger partial charge in [-0.1, -0.05) is 323 Å². The summed E-state index contributed by atoms with van der Waals surface area (Å²) >= 11 is 0. The van der Waals surface area contributed by atoms with Crippen molar-refractivity contribution in [3.8, 4) is 5.88 Å². The van der Waals surface area contributed by atoms with Gasteiger partial charge < -0.3 is 30.7 Å². The zero-order chi connectivity index (χ0) is 113. The van der Waals surface area contributed by atoms with E-state index < -0.39 is 42.7 Å². The van der Waals surface area contributed by atoms with Crippen molar-refractivity contribution in [1.29, 1.82) is 0 Å². The number of sulfone groups is 1. The minimum Gasteiger partial charge on any atom is -0.481 e. The van der Waals surface area contributed by atoms with Crippen LogP contribution in [0.4, 0.5) is 0 Å². The van der Waals surface area contributed by atoms with Gasteiger partial charge in [-0.15, -0.1) is 0 Å². The standard InChI is InChI=1S/C13H21NO.C12H19NO.C12H18O.C10H12O.C9H13NO.C9H11NO.C9H18.C8H11NO2S.C8H11NOS.C8H15NO.C8H17N.C7H12O.C7H14.C6H12O/c1-10(2)8-9-11-6-5-7-12(14-11)13(3,4)15;1-9(2)8-10-6-5-7-11(13-10)12(3,4)14;1-9(2)10-6-5-7-11(8-10)12(3,4)13;1-8(2)10(11)9-6-4-3-5-7-9;1-7(2)8-5-4-6-9(10-8)11-3;1-7(2)9(11)8-5-3-4-6-10-8;1-8(2)9-6-4-3-5-7-9;1-7(2)12(10,11)8-5-3-4-6-9-8;1-7(2)11(10)8-5-3-4-6-9-8;1-6(2)7-3-4-9-8(10)5-7;1-7(2)8-3-5-9-6-4-8;1-5(2)7(8)6-3-4-6;1-6(2)5-7-3-4-7;1-4-6(7)5(2)3/h5-7,10,15H,8-9H2,1-4H3;5-7,9,14H,8H2,1-4H3;5-9,13H,1-4H3;3-8H,1-2H3;4-7H,1-3H3;3-7H,1-2H3;8-9H,3-7H2,1-2H3;3-7H,1-2H3;3-7H,1-2H3;6-7H,3-5H2,1-2H3,(H,9,10);7-9H,3-6H2,1-2H3;5-6H,3-4H2,1-2H3;6-7H,3-5H2,1-2H3;5H,4H2,1-3H3. The predicted molar refractivity (Wildman–Crippen MR) is 620 cm³/mol. The zero-order valence-electron chi connectivity index (χ0n) is 98.7. The lowest BCUT2D eigenvalue weighted by Crippen LogP contribution is -2.35. The van der Waals surface area contributed by atoms with E-state index in [1.54, 1.807) is 91.4 Å². The van der Waals surface area contributed by atoms with E-state index in [-0.39, 0.29) is 51.4 Å². The molecule has 2 aliphatic heterocycles. The maximum atomic E-state index is 11.5. The molecular weight excluding hydrogens is 1880 g/mol. The maximum Gasteiger partial charge on any atom is 0.220 e. The Bertz CT molecular complexity index is 4830. The Morgan fingerprint density at radius 1 is 0.466 bits per heavy atom. The van der Waals surface area contributed by atoms with Crippen LogP contribution >= 0.6 is 0 Å². The van der Waals surface area contributed by atoms with E-state index in [4.69, 9.17) is 4.74 Å². The van der Waals surface area contributed by atoms with E-state index in [1.165, 1.54) is 95.1 Å². The summed E-state index contributed by atoms with van der Waals surface area (Å²) in [7, 11) is -2.50. The van der Waals surface area contributed by atoms with Crippen molar-refractivity contribution < 1.29 is 56.7 Å². The molecule has 148 heavy (non-hydrogen) atoms. The lowest BCUT2D eigenvalue weighted by Gasteiger charge is -2.25. The molecule has 3 aliphatic carbocycles. The van der Waals surface area contributed by atoms with Gasteiger partial charge in [0.15, 0.2) is 26.4 Å². The molecule has 2 atom stereocenters. The molecule has 2 aromatic carbocycles. The highest BCUT2D eigenvalue weighted by Gasteiger charge is 2.31. The van der Waals surface area contributed by atoms with Crippen molar-refractivity contribution in [2.45, 2.75) is 407 Å². The van der Waals surface area contributed by atoms with E-state index in [2.05, 4.69) is 163 Å². The maximum absolute atomic E-state index is 11.5. The number of nitrogens with zero attached hydrogens (tertiary/aromatic N) is 6. The molecule has 13 rings (SSSR count). The fraction of sp³-hybridized carbons (Fsp3) is 0.627. The minimum atomic E-state index is -3.19. The van der Waals surface area contributed by atoms with Gasteiger partial charge in [-0.3, -0.25) is 43.1 Å². The fourth-order valence-electron chi connectivity index (χ4n) is 15.1. The van der Waals surface area contributed by atoms with Gasteiger partial charge in [-0.05, 0) is 275 Å². The van der Waals surface area contributed by atoms with Crippen LogP contribution in [0.2, 0.25) is 0 Å². The molecule has 0 radical (unpaired) electrons. The SMILES string of the molecule is CC(C)C(=O)C1CC1.CC(C)C(=O)c1ccccc1.CC(C)C(=O)c1ccccn1.CC(C)C1CCCCC1.CC(C)C1CCNC(=O)C1.CC(C)C1CCNCC1.CC(C)CC1CC1.CC(C)CCc1cccc(C(C)(C)O)n1.CC(C)Cc1cccc(C(C)(C)O)n1.CC(C)S(=O)(=O)c1ccccn1.CC(C)S(=O)c1ccccn1.CC(C)c1cccc(C(C)(C)O)c1.CCC(=O)C(C)C.COc1cccc(C(C)C)n1. The normalized spacial score (nSPS) is 14.8. The molecule has 5 N–H and O–H groups in total. The van der Waals surface area contributed by atoms with Gasteiger partial charge in [0, 0.05) is 102 Å². The number of hydrogen-bond acceptors (Lipinski definition) is 19. The van der Waals surface area contributed by atoms with E-state index in [9.17, 15) is 51.9 Å². The van der Waals surface area contributed by atoms with Gasteiger partial charge in [0.2, 0.25) is 11.8 Å². The minimum absolute atomic E-state index is 0.0323. The average molecular weight is 2090 g/mol. The van der Waals surface area contributed by atoms with Crippen LogP contribution in [-0.4, -0.2) is 124 Å². The molecule has 3 saturated carbocycles. The van der Waals surface area contributed by atoms with Crippen molar-refractivity contribution in [2.75, 3.05) is 26.7 Å². The molecule has 5 fully saturated rings. The molecule has 5 aliphatic rings. The van der Waals surface area contributed by atoms with Gasteiger partial charge >= 0.3 is 0 Å². The number of aliphatic hydroxyl groups is 3. The number of hydrogen-bond donors (Lipinski definition) is 5. The molecule has 20 nitrogen and oxygen atoms in total. The Labute approximate surface area is 902 Å². The number of benzene rings is 2. The summed E-state index contributed by atoms with van der Waals surface area (Å²) in [6.45, 7) is 74.0. The summed E-state index contributed by atoms with van der Waals surface area (Å²) < 4.78 is 39.3. The van der Waals surface area contributed by atoms with Gasteiger partial charge in [-0.25, -0.2) is 23.4 Å². The van der Waals surface area contributed by atoms with E-state index in [0.29, 0.717) is 76.0 Å². The number of piperidine rings is 2. The highest BCUT2D eigenvalue weighted by molar-refractivity contribution is 7.92. The van der Waals surface area contributed by atoms with Crippen LogP contribution in [-0.2, 0) is 64.7 Å². The van der Waals surface area contributed by atoms with Crippen LogP contribution in [0.15, 0.2) is 192 Å². The molecule has 0 bridgehead atoms. The Balaban J connectivity index is 0.00000158. The van der Waals surface area contributed by atoms with Gasteiger partial charge in [-0.2, -0.15) is 0 Å². The van der Waals surface area contributed by atoms with Gasteiger partial charge in [0.05, 0.1) is 40.1 Å². The summed E-state index contributed by atoms with van der Waals surface area (Å²) in [4.78, 5) is 79.8. The fourth-order valence-corrected chi connectivity index (χ4v) is 16.9. The number of Topliss-reactive ketones (excluding diaryl/α,β-unsaturated/α-hetero) is 4. The molecule has 2 saturated heterocycles. The summed E-state index contributed by atoms with van der Waals surface area (Å²) in [5.41, 5.74) is 5.92. The number of pyridine rings is 6. The Hall–Kier alpha value is -8.77. The Morgan fingerprint density at radius 2 is 0.959 bits per heavy atom. The summed E-state index contributed by atoms with van der Waals surface area (Å²) in [6, 6.07) is 50.7. The van der Waals surface area contributed by atoms with Crippen LogP contribution in [0.1, 0.15) is 417 Å². The monoisotopic (exact) mass is 2090 g/mol. The highest BCUT2D eigenvalue weighted by Crippen LogP contribution is 2.36. The number of ether oxygens (including phenoxy) is 1. The number of ketones is 4. The molecule has 8 aromatic rings. The highest BCUT2D eigenvalue weighted by atomic mass is 32.2. The number of carbonyl (C=O) groups excluding carboxylic acids is 5. The van der Waals surface area contributed by atoms with Gasteiger partial charge in [0.25, 0.3) is 0 Å². The van der Waals surface area contributed by atoms with Crippen molar-refractivity contribution in [3.05, 3.63) is 233 Å². The second-order valence-corrected chi connectivity index (χ2v) is 50.3. The number of rotatable bonds is 28. The summed E-state index contributed by atoms with van der Waals surface area (Å²) in [6.07, 6.45) is 27.5. The molecule has 2 unspecified atom stereocenters. The molecule has 0 spiro atoms. The molecule has 22 heteroatoms. The van der Waals surface area contributed by atoms with Crippen LogP contribution < -0.4 is 15.4 Å². The molecule has 8 heterocycles. The first-order valence-electron chi connectivity index (χ1n) is 55.4. The number of methoxy groups -OCH3 is 1. The number of carbonyl (C=O) groups is 5. The Morgan fingerprint density at radius 3 is 1.32 bits per heavy atom. The number of nitrogens with one attached hydrogen (secondary N) is 2. The largest absolute Gasteiger partial charge is 0.481 e. The third-order valence-electron chi connectivity index (χ3n) is 25.3. The van der Waals surface area contributed by atoms with E-state index >= 15 is 0 Å². The average Bonchev–Trinajstić information content (AvgIpc) is 1.23. The van der Waals surface area contributed by atoms with Crippen molar-refractivity contribution in [1.82, 2.24) is 40.5 Å². The zero-order valence-corrected chi connectivity index (χ0v) is 100. The molecule has 6 aromatic heterocycles. The number of aromatic nitrogens is 6. The van der Waals surface area contributed by atoms with Crippen molar-refractivity contribution >= 4 is 49.7 Å². The third-order valence-corrected chi connectivity index (χ3v) is 28.9. The van der Waals surface area contributed by atoms with E-state index in [1.807, 2.05) is 205 Å². The first-order chi connectivity index (χ1) is 69.1. The van der Waals surface area contributed by atoms with Crippen LogP contribution in [0.25, 0.3) is 0 Å². The third kappa shape index (κ3) is 64.8. The number of aryl methyl sites for hydroxylation is 1. The lowest BCUT2D eigenvalue weighted by atomic mass is 9.82. The first-order valence-corrected chi connectivity index (χ1v) is 58.1. The van der Waals surface area contributed by atoms with E-state index in [0.717, 1.165) is 127 Å².